The molecule has 1 aromatic heterocycles. The lowest BCUT2D eigenvalue weighted by molar-refractivity contribution is -0.133. The summed E-state index contributed by atoms with van der Waals surface area (Å²) in [5.74, 6) is 0.686. The second kappa shape index (κ2) is 8.50. The van der Waals surface area contributed by atoms with Gasteiger partial charge < -0.3 is 15.0 Å². The molecule has 1 unspecified atom stereocenters. The lowest BCUT2D eigenvalue weighted by Crippen LogP contribution is -2.50. The molecule has 0 saturated carbocycles. The number of ether oxygens (including phenoxy) is 1. The number of carbonyl (C=O) groups is 1. The average molecular weight is 361 g/mol. The summed E-state index contributed by atoms with van der Waals surface area (Å²) in [6, 6.07) is 2.69. The number of hydrogen-bond acceptors (Lipinski definition) is 5. The molecular weight excluding hydrogens is 330 g/mol. The molecule has 4 rings (SSSR count). The van der Waals surface area contributed by atoms with Crippen LogP contribution >= 0.6 is 0 Å². The number of carbonyl (C=O) groups excluding carboxylic acids is 1. The minimum absolute atomic E-state index is 0.196. The summed E-state index contributed by atoms with van der Waals surface area (Å²) >= 11 is 0. The first kappa shape index (κ1) is 17.9. The van der Waals surface area contributed by atoms with Crippen molar-refractivity contribution in [2.24, 2.45) is 0 Å². The molecule has 1 atom stereocenters. The van der Waals surface area contributed by atoms with Crippen molar-refractivity contribution in [3.63, 3.8) is 0 Å². The van der Waals surface area contributed by atoms with Crippen molar-refractivity contribution in [1.82, 2.24) is 24.9 Å². The molecule has 0 bridgehead atoms. The molecule has 7 heteroatoms. The topological polar surface area (TPSA) is 62.6 Å². The van der Waals surface area contributed by atoms with Crippen molar-refractivity contribution < 1.29 is 9.53 Å². The summed E-state index contributed by atoms with van der Waals surface area (Å²) in [5, 5.41) is 8.09. The molecule has 26 heavy (non-hydrogen) atoms. The predicted octanol–water partition coefficient (Wildman–Crippen LogP) is 0.673. The maximum Gasteiger partial charge on any atom is 0.244 e. The zero-order chi connectivity index (χ0) is 17.8. The van der Waals surface area contributed by atoms with Gasteiger partial charge in [-0.1, -0.05) is 0 Å². The fourth-order valence-corrected chi connectivity index (χ4v) is 4.45. The summed E-state index contributed by atoms with van der Waals surface area (Å²) in [6.07, 6.45) is 6.50. The fourth-order valence-electron chi connectivity index (χ4n) is 4.45. The fraction of sp³-hybridized carbons (Fsp3) is 0.789. The van der Waals surface area contributed by atoms with E-state index in [0.29, 0.717) is 18.5 Å². The Morgan fingerprint density at radius 3 is 2.73 bits per heavy atom. The standard InChI is InChI=1S/C19H31N5O2/c25-19(15-24-9-5-18(21-24)16-2-1-6-20-14-16)23-7-3-17(4-8-23)22-10-12-26-13-11-22/h5,9,16-17,20H,1-4,6-8,10-15H2. The van der Waals surface area contributed by atoms with E-state index in [1.54, 1.807) is 0 Å². The van der Waals surface area contributed by atoms with Crippen molar-refractivity contribution in [3.8, 4) is 0 Å². The largest absolute Gasteiger partial charge is 0.379 e. The zero-order valence-corrected chi connectivity index (χ0v) is 15.6. The minimum Gasteiger partial charge on any atom is -0.379 e. The number of rotatable bonds is 4. The van der Waals surface area contributed by atoms with E-state index in [9.17, 15) is 4.79 Å². The Balaban J connectivity index is 1.25. The Labute approximate surface area is 155 Å². The molecule has 0 aromatic carbocycles. The van der Waals surface area contributed by atoms with Gasteiger partial charge in [0.25, 0.3) is 0 Å². The van der Waals surface area contributed by atoms with Crippen LogP contribution in [0.2, 0.25) is 0 Å². The number of aromatic nitrogens is 2. The number of hydrogen-bond donors (Lipinski definition) is 1. The molecule has 0 aliphatic carbocycles. The van der Waals surface area contributed by atoms with E-state index < -0.39 is 0 Å². The van der Waals surface area contributed by atoms with E-state index >= 15 is 0 Å². The van der Waals surface area contributed by atoms with Crippen molar-refractivity contribution >= 4 is 5.91 Å². The molecule has 144 valence electrons. The highest BCUT2D eigenvalue weighted by atomic mass is 16.5. The van der Waals surface area contributed by atoms with Crippen LogP contribution in [0.15, 0.2) is 12.3 Å². The number of amides is 1. The summed E-state index contributed by atoms with van der Waals surface area (Å²) in [7, 11) is 0. The maximum atomic E-state index is 12.7. The third-order valence-electron chi connectivity index (χ3n) is 6.05. The molecule has 1 amide bonds. The van der Waals surface area contributed by atoms with Crippen molar-refractivity contribution in [1.29, 1.82) is 0 Å². The summed E-state index contributed by atoms with van der Waals surface area (Å²) < 4.78 is 7.26. The normalized spacial score (nSPS) is 26.2. The highest BCUT2D eigenvalue weighted by molar-refractivity contribution is 5.76. The van der Waals surface area contributed by atoms with Crippen LogP contribution in [-0.4, -0.2) is 84.0 Å². The SMILES string of the molecule is O=C(Cn1ccc(C2CCCNC2)n1)N1CCC(N2CCOCC2)CC1. The smallest absolute Gasteiger partial charge is 0.244 e. The van der Waals surface area contributed by atoms with Crippen LogP contribution in [0.25, 0.3) is 0 Å². The van der Waals surface area contributed by atoms with Crippen LogP contribution < -0.4 is 5.32 Å². The van der Waals surface area contributed by atoms with Crippen LogP contribution in [0.5, 0.6) is 0 Å². The summed E-state index contributed by atoms with van der Waals surface area (Å²) in [5.41, 5.74) is 1.12. The third kappa shape index (κ3) is 4.27. The van der Waals surface area contributed by atoms with Gasteiger partial charge in [-0.25, -0.2) is 0 Å². The molecule has 1 N–H and O–H groups in total. The van der Waals surface area contributed by atoms with Gasteiger partial charge in [0.1, 0.15) is 6.54 Å². The minimum atomic E-state index is 0.196. The zero-order valence-electron chi connectivity index (χ0n) is 15.6. The van der Waals surface area contributed by atoms with Crippen LogP contribution in [0.3, 0.4) is 0 Å². The van der Waals surface area contributed by atoms with Gasteiger partial charge in [0, 0.05) is 50.9 Å². The molecule has 3 aliphatic rings. The molecule has 3 saturated heterocycles. The lowest BCUT2D eigenvalue weighted by atomic mass is 9.97. The van der Waals surface area contributed by atoms with Gasteiger partial charge in [-0.05, 0) is 38.3 Å². The van der Waals surface area contributed by atoms with E-state index in [1.165, 1.54) is 12.8 Å². The second-order valence-electron chi connectivity index (χ2n) is 7.74. The monoisotopic (exact) mass is 361 g/mol. The maximum absolute atomic E-state index is 12.7. The molecule has 1 aromatic rings. The van der Waals surface area contributed by atoms with Gasteiger partial charge in [0.2, 0.25) is 5.91 Å². The highest BCUT2D eigenvalue weighted by Crippen LogP contribution is 2.21. The molecule has 3 fully saturated rings. The van der Waals surface area contributed by atoms with E-state index in [1.807, 2.05) is 15.8 Å². The van der Waals surface area contributed by atoms with E-state index in [2.05, 4.69) is 21.4 Å². The molecule has 0 spiro atoms. The number of nitrogens with one attached hydrogen (secondary N) is 1. The Kier molecular flexibility index (Phi) is 5.87. The summed E-state index contributed by atoms with van der Waals surface area (Å²) in [4.78, 5) is 17.2. The van der Waals surface area contributed by atoms with Crippen LogP contribution in [0.1, 0.15) is 37.3 Å². The van der Waals surface area contributed by atoms with Gasteiger partial charge in [-0.2, -0.15) is 5.10 Å². The Bertz CT molecular complexity index is 585. The third-order valence-corrected chi connectivity index (χ3v) is 6.05. The Morgan fingerprint density at radius 2 is 2.00 bits per heavy atom. The van der Waals surface area contributed by atoms with Crippen molar-refractivity contribution in [3.05, 3.63) is 18.0 Å². The quantitative estimate of drug-likeness (QED) is 0.854. The average Bonchev–Trinajstić information content (AvgIpc) is 3.18. The van der Waals surface area contributed by atoms with Gasteiger partial charge in [0.15, 0.2) is 0 Å². The van der Waals surface area contributed by atoms with Crippen LogP contribution in [-0.2, 0) is 16.1 Å². The van der Waals surface area contributed by atoms with Gasteiger partial charge >= 0.3 is 0 Å². The Morgan fingerprint density at radius 1 is 1.19 bits per heavy atom. The first-order chi connectivity index (χ1) is 12.8. The van der Waals surface area contributed by atoms with Crippen LogP contribution in [0.4, 0.5) is 0 Å². The predicted molar refractivity (Wildman–Crippen MR) is 99.1 cm³/mol. The number of nitrogens with zero attached hydrogens (tertiary/aromatic N) is 4. The number of likely N-dealkylation sites (tertiary alicyclic amines) is 1. The molecule has 4 heterocycles. The molecular formula is C19H31N5O2. The van der Waals surface area contributed by atoms with Gasteiger partial charge in [-0.15, -0.1) is 0 Å². The Hall–Kier alpha value is -1.44. The molecule has 0 radical (unpaired) electrons. The number of piperidine rings is 2. The number of morpholine rings is 1. The van der Waals surface area contributed by atoms with Crippen LogP contribution in [0, 0.1) is 0 Å². The van der Waals surface area contributed by atoms with Crippen molar-refractivity contribution in [2.75, 3.05) is 52.5 Å². The second-order valence-corrected chi connectivity index (χ2v) is 7.74. The molecule has 3 aliphatic heterocycles. The lowest BCUT2D eigenvalue weighted by Gasteiger charge is -2.40. The van der Waals surface area contributed by atoms with E-state index in [4.69, 9.17) is 4.74 Å². The van der Waals surface area contributed by atoms with E-state index in [0.717, 1.165) is 71.0 Å². The molecule has 7 nitrogen and oxygen atoms in total. The first-order valence-corrected chi connectivity index (χ1v) is 10.1. The first-order valence-electron chi connectivity index (χ1n) is 10.1. The van der Waals surface area contributed by atoms with E-state index in [-0.39, 0.29) is 5.91 Å². The van der Waals surface area contributed by atoms with Gasteiger partial charge in [0.05, 0.1) is 18.9 Å². The van der Waals surface area contributed by atoms with Crippen molar-refractivity contribution in [2.45, 2.75) is 44.2 Å². The summed E-state index contributed by atoms with van der Waals surface area (Å²) in [6.45, 7) is 7.95. The highest BCUT2D eigenvalue weighted by Gasteiger charge is 2.28. The van der Waals surface area contributed by atoms with Gasteiger partial charge in [-0.3, -0.25) is 14.4 Å².